The molecule has 0 aromatic carbocycles. The minimum atomic E-state index is 0.372. The first-order chi connectivity index (χ1) is 6.74. The summed E-state index contributed by atoms with van der Waals surface area (Å²) in [5.74, 6) is 0.559. The molecule has 1 heterocycles. The third kappa shape index (κ3) is 3.44. The molecule has 1 atom stereocenters. The molecule has 3 N–H and O–H groups in total. The van der Waals surface area contributed by atoms with Crippen LogP contribution in [0.15, 0.2) is 24.4 Å². The molecule has 0 aliphatic carbocycles. The van der Waals surface area contributed by atoms with Crippen LogP contribution in [0.4, 0.5) is 0 Å². The van der Waals surface area contributed by atoms with Gasteiger partial charge in [0.15, 0.2) is 0 Å². The van der Waals surface area contributed by atoms with Gasteiger partial charge in [0, 0.05) is 25.3 Å². The van der Waals surface area contributed by atoms with Crippen LogP contribution in [0.25, 0.3) is 0 Å². The lowest BCUT2D eigenvalue weighted by atomic mass is 10.0. The zero-order valence-electron chi connectivity index (χ0n) is 8.90. The first kappa shape index (κ1) is 11.1. The van der Waals surface area contributed by atoms with Gasteiger partial charge >= 0.3 is 0 Å². The van der Waals surface area contributed by atoms with E-state index >= 15 is 0 Å². The van der Waals surface area contributed by atoms with Gasteiger partial charge in [0.1, 0.15) is 0 Å². The average molecular weight is 193 g/mol. The fraction of sp³-hybridized carbons (Fsp3) is 0.545. The van der Waals surface area contributed by atoms with Gasteiger partial charge in [-0.2, -0.15) is 0 Å². The summed E-state index contributed by atoms with van der Waals surface area (Å²) in [5, 5.41) is 3.40. The van der Waals surface area contributed by atoms with E-state index in [1.807, 2.05) is 24.4 Å². The highest BCUT2D eigenvalue weighted by molar-refractivity contribution is 5.03. The lowest BCUT2D eigenvalue weighted by molar-refractivity contribution is 0.403. The number of pyridine rings is 1. The van der Waals surface area contributed by atoms with Crippen molar-refractivity contribution in [1.82, 2.24) is 10.3 Å². The summed E-state index contributed by atoms with van der Waals surface area (Å²) in [7, 11) is 0. The zero-order valence-corrected chi connectivity index (χ0v) is 8.90. The second kappa shape index (κ2) is 5.73. The van der Waals surface area contributed by atoms with Gasteiger partial charge in [0.2, 0.25) is 0 Å². The minimum Gasteiger partial charge on any atom is -0.329 e. The highest BCUT2D eigenvalue weighted by atomic mass is 14.9. The van der Waals surface area contributed by atoms with Crippen molar-refractivity contribution in [1.29, 1.82) is 0 Å². The highest BCUT2D eigenvalue weighted by Crippen LogP contribution is 2.01. The van der Waals surface area contributed by atoms with Crippen molar-refractivity contribution in [2.75, 3.05) is 6.54 Å². The maximum atomic E-state index is 5.65. The Hall–Kier alpha value is -0.930. The number of rotatable bonds is 5. The Labute approximate surface area is 85.7 Å². The van der Waals surface area contributed by atoms with Crippen molar-refractivity contribution >= 4 is 0 Å². The van der Waals surface area contributed by atoms with E-state index in [-0.39, 0.29) is 0 Å². The van der Waals surface area contributed by atoms with E-state index in [1.165, 1.54) is 0 Å². The molecule has 1 aromatic rings. The summed E-state index contributed by atoms with van der Waals surface area (Å²) < 4.78 is 0. The van der Waals surface area contributed by atoms with E-state index in [9.17, 15) is 0 Å². The first-order valence-corrected chi connectivity index (χ1v) is 5.07. The predicted octanol–water partition coefficient (Wildman–Crippen LogP) is 1.15. The zero-order chi connectivity index (χ0) is 10.4. The van der Waals surface area contributed by atoms with Crippen molar-refractivity contribution in [3.63, 3.8) is 0 Å². The Bertz CT molecular complexity index is 246. The molecule has 3 heteroatoms. The smallest absolute Gasteiger partial charge is 0.0541 e. The molecule has 78 valence electrons. The number of nitrogens with one attached hydrogen (secondary N) is 1. The van der Waals surface area contributed by atoms with Crippen LogP contribution in [0.2, 0.25) is 0 Å². The third-order valence-electron chi connectivity index (χ3n) is 2.33. The van der Waals surface area contributed by atoms with Gasteiger partial charge in [-0.05, 0) is 18.1 Å². The van der Waals surface area contributed by atoms with Crippen LogP contribution in [0, 0.1) is 5.92 Å². The van der Waals surface area contributed by atoms with E-state index < -0.39 is 0 Å². The Morgan fingerprint density at radius 2 is 2.21 bits per heavy atom. The SMILES string of the molecule is CC(C)C(CN)NCc1ccccn1. The van der Waals surface area contributed by atoms with E-state index in [4.69, 9.17) is 5.73 Å². The van der Waals surface area contributed by atoms with Gasteiger partial charge in [0.05, 0.1) is 5.69 Å². The van der Waals surface area contributed by atoms with Crippen molar-refractivity contribution in [2.24, 2.45) is 11.7 Å². The quantitative estimate of drug-likeness (QED) is 0.737. The van der Waals surface area contributed by atoms with Crippen LogP contribution in [-0.4, -0.2) is 17.6 Å². The van der Waals surface area contributed by atoms with Crippen LogP contribution < -0.4 is 11.1 Å². The van der Waals surface area contributed by atoms with Gasteiger partial charge < -0.3 is 11.1 Å². The molecule has 0 saturated heterocycles. The van der Waals surface area contributed by atoms with Crippen LogP contribution >= 0.6 is 0 Å². The van der Waals surface area contributed by atoms with E-state index in [0.717, 1.165) is 12.2 Å². The van der Waals surface area contributed by atoms with E-state index in [2.05, 4.69) is 24.1 Å². The van der Waals surface area contributed by atoms with Crippen molar-refractivity contribution in [3.8, 4) is 0 Å². The Balaban J connectivity index is 2.40. The second-order valence-corrected chi connectivity index (χ2v) is 3.79. The second-order valence-electron chi connectivity index (χ2n) is 3.79. The van der Waals surface area contributed by atoms with Gasteiger partial charge in [-0.1, -0.05) is 19.9 Å². The lowest BCUT2D eigenvalue weighted by Gasteiger charge is -2.20. The normalized spacial score (nSPS) is 13.1. The molecule has 1 aromatic heterocycles. The average Bonchev–Trinajstić information content (AvgIpc) is 2.20. The molecular formula is C11H19N3. The van der Waals surface area contributed by atoms with Gasteiger partial charge in [-0.25, -0.2) is 0 Å². The number of hydrogen-bond donors (Lipinski definition) is 2. The molecule has 0 fully saturated rings. The number of nitrogens with two attached hydrogens (primary N) is 1. The molecule has 1 rings (SSSR count). The molecule has 0 aliphatic heterocycles. The minimum absolute atomic E-state index is 0.372. The summed E-state index contributed by atoms with van der Waals surface area (Å²) in [6.45, 7) is 5.80. The molecular weight excluding hydrogens is 174 g/mol. The summed E-state index contributed by atoms with van der Waals surface area (Å²) in [4.78, 5) is 4.24. The Morgan fingerprint density at radius 1 is 1.43 bits per heavy atom. The molecule has 0 radical (unpaired) electrons. The Morgan fingerprint density at radius 3 is 2.71 bits per heavy atom. The Kier molecular flexibility index (Phi) is 4.56. The molecule has 0 amide bonds. The topological polar surface area (TPSA) is 50.9 Å². The maximum absolute atomic E-state index is 5.65. The van der Waals surface area contributed by atoms with E-state index in [1.54, 1.807) is 0 Å². The van der Waals surface area contributed by atoms with Crippen LogP contribution in [-0.2, 0) is 6.54 Å². The summed E-state index contributed by atoms with van der Waals surface area (Å²) in [5.41, 5.74) is 6.72. The number of hydrogen-bond acceptors (Lipinski definition) is 3. The summed E-state index contributed by atoms with van der Waals surface area (Å²) >= 11 is 0. The maximum Gasteiger partial charge on any atom is 0.0541 e. The molecule has 14 heavy (non-hydrogen) atoms. The monoisotopic (exact) mass is 193 g/mol. The fourth-order valence-electron chi connectivity index (χ4n) is 1.33. The van der Waals surface area contributed by atoms with Gasteiger partial charge in [0.25, 0.3) is 0 Å². The van der Waals surface area contributed by atoms with Crippen LogP contribution in [0.3, 0.4) is 0 Å². The van der Waals surface area contributed by atoms with Crippen LogP contribution in [0.5, 0.6) is 0 Å². The first-order valence-electron chi connectivity index (χ1n) is 5.07. The molecule has 1 unspecified atom stereocenters. The van der Waals surface area contributed by atoms with Crippen molar-refractivity contribution in [2.45, 2.75) is 26.4 Å². The van der Waals surface area contributed by atoms with Crippen molar-refractivity contribution < 1.29 is 0 Å². The number of aromatic nitrogens is 1. The number of nitrogens with zero attached hydrogens (tertiary/aromatic N) is 1. The summed E-state index contributed by atoms with van der Waals surface area (Å²) in [6.07, 6.45) is 1.81. The van der Waals surface area contributed by atoms with Crippen molar-refractivity contribution in [3.05, 3.63) is 30.1 Å². The molecule has 3 nitrogen and oxygen atoms in total. The fourth-order valence-corrected chi connectivity index (χ4v) is 1.33. The molecule has 0 aliphatic rings. The van der Waals surface area contributed by atoms with E-state index in [0.29, 0.717) is 18.5 Å². The summed E-state index contributed by atoms with van der Waals surface area (Å²) in [6, 6.07) is 6.31. The van der Waals surface area contributed by atoms with Gasteiger partial charge in [-0.3, -0.25) is 4.98 Å². The largest absolute Gasteiger partial charge is 0.329 e. The standard InChI is InChI=1S/C11H19N3/c1-9(2)11(7-12)14-8-10-5-3-4-6-13-10/h3-6,9,11,14H,7-8,12H2,1-2H3. The highest BCUT2D eigenvalue weighted by Gasteiger charge is 2.09. The molecule has 0 saturated carbocycles. The predicted molar refractivity (Wildman–Crippen MR) is 58.8 cm³/mol. The molecule has 0 bridgehead atoms. The van der Waals surface area contributed by atoms with Crippen LogP contribution in [0.1, 0.15) is 19.5 Å². The van der Waals surface area contributed by atoms with Gasteiger partial charge in [-0.15, -0.1) is 0 Å². The third-order valence-corrected chi connectivity index (χ3v) is 2.33. The lowest BCUT2D eigenvalue weighted by Crippen LogP contribution is -2.39. The molecule has 0 spiro atoms.